The van der Waals surface area contributed by atoms with Crippen LogP contribution in [0.1, 0.15) is 22.7 Å². The van der Waals surface area contributed by atoms with Crippen molar-refractivity contribution < 1.29 is 9.18 Å². The molecular weight excluding hydrogens is 293 g/mol. The molecule has 0 spiro atoms. The minimum atomic E-state index is -0.278. The highest BCUT2D eigenvalue weighted by molar-refractivity contribution is 5.80. The Labute approximate surface area is 135 Å². The van der Waals surface area contributed by atoms with E-state index in [0.717, 1.165) is 16.7 Å². The smallest absolute Gasteiger partial charge is 0.226 e. The zero-order valence-electron chi connectivity index (χ0n) is 13.0. The Morgan fingerprint density at radius 2 is 1.96 bits per heavy atom. The summed E-state index contributed by atoms with van der Waals surface area (Å²) in [5.74, 6) is -0.523. The molecule has 2 aromatic rings. The van der Waals surface area contributed by atoms with Gasteiger partial charge in [-0.2, -0.15) is 0 Å². The molecule has 0 aromatic heterocycles. The molecule has 4 nitrogen and oxygen atoms in total. The molecule has 1 saturated heterocycles. The Bertz CT molecular complexity index is 687. The monoisotopic (exact) mass is 313 g/mol. The van der Waals surface area contributed by atoms with Crippen LogP contribution >= 0.6 is 0 Å². The molecule has 0 aliphatic carbocycles. The van der Waals surface area contributed by atoms with Crippen molar-refractivity contribution in [2.45, 2.75) is 19.5 Å². The molecule has 1 amide bonds. The van der Waals surface area contributed by atoms with E-state index < -0.39 is 0 Å². The van der Waals surface area contributed by atoms with Gasteiger partial charge in [0.25, 0.3) is 0 Å². The molecule has 5 heteroatoms. The fourth-order valence-electron chi connectivity index (χ4n) is 2.85. The van der Waals surface area contributed by atoms with Crippen molar-refractivity contribution in [1.29, 1.82) is 0 Å². The van der Waals surface area contributed by atoms with Gasteiger partial charge in [-0.25, -0.2) is 9.82 Å². The van der Waals surface area contributed by atoms with Gasteiger partial charge in [-0.1, -0.05) is 36.4 Å². The van der Waals surface area contributed by atoms with Crippen LogP contribution in [0.5, 0.6) is 0 Å². The molecule has 3 N–H and O–H groups in total. The molecular formula is C18H20FN3O. The molecule has 23 heavy (non-hydrogen) atoms. The average Bonchev–Trinajstić information content (AvgIpc) is 3.04. The van der Waals surface area contributed by atoms with Gasteiger partial charge in [0, 0.05) is 13.1 Å². The number of amides is 1. The Morgan fingerprint density at radius 1 is 1.22 bits per heavy atom. The fraction of sp³-hybridized carbons (Fsp3) is 0.278. The van der Waals surface area contributed by atoms with E-state index in [1.54, 1.807) is 12.1 Å². The third kappa shape index (κ3) is 3.57. The van der Waals surface area contributed by atoms with Crippen LogP contribution in [0.4, 0.5) is 4.39 Å². The van der Waals surface area contributed by atoms with Crippen molar-refractivity contribution in [1.82, 2.24) is 16.2 Å². The van der Waals surface area contributed by atoms with Crippen molar-refractivity contribution in [2.24, 2.45) is 5.92 Å². The summed E-state index contributed by atoms with van der Waals surface area (Å²) in [7, 11) is 0. The number of nitrogens with one attached hydrogen (secondary N) is 3. The van der Waals surface area contributed by atoms with Crippen LogP contribution in [0.25, 0.3) is 0 Å². The maximum Gasteiger partial charge on any atom is 0.226 e. The minimum Gasteiger partial charge on any atom is -0.352 e. The van der Waals surface area contributed by atoms with Gasteiger partial charge in [0.2, 0.25) is 5.91 Å². The van der Waals surface area contributed by atoms with Crippen molar-refractivity contribution >= 4 is 5.91 Å². The Hall–Kier alpha value is -2.24. The molecule has 120 valence electrons. The number of aryl methyl sites for hydroxylation is 1. The van der Waals surface area contributed by atoms with Crippen molar-refractivity contribution in [3.8, 4) is 0 Å². The molecule has 1 fully saturated rings. The van der Waals surface area contributed by atoms with Crippen molar-refractivity contribution in [3.05, 3.63) is 71.0 Å². The molecule has 2 atom stereocenters. The summed E-state index contributed by atoms with van der Waals surface area (Å²) in [5.41, 5.74) is 9.28. The van der Waals surface area contributed by atoms with E-state index in [9.17, 15) is 9.18 Å². The molecule has 0 radical (unpaired) electrons. The van der Waals surface area contributed by atoms with E-state index in [-0.39, 0.29) is 23.7 Å². The van der Waals surface area contributed by atoms with Crippen LogP contribution in [0, 0.1) is 18.7 Å². The Morgan fingerprint density at radius 3 is 2.70 bits per heavy atom. The first-order valence-corrected chi connectivity index (χ1v) is 7.71. The number of hydrazine groups is 1. The number of hydrogen-bond donors (Lipinski definition) is 3. The average molecular weight is 313 g/mol. The topological polar surface area (TPSA) is 53.2 Å². The van der Waals surface area contributed by atoms with Crippen LogP contribution < -0.4 is 16.2 Å². The quantitative estimate of drug-likeness (QED) is 0.811. The summed E-state index contributed by atoms with van der Waals surface area (Å²) < 4.78 is 13.1. The summed E-state index contributed by atoms with van der Waals surface area (Å²) in [5, 5.41) is 3.00. The summed E-state index contributed by atoms with van der Waals surface area (Å²) in [6.45, 7) is 3.08. The maximum atomic E-state index is 13.1. The number of rotatable bonds is 4. The number of carbonyl (C=O) groups excluding carboxylic acids is 1. The fourth-order valence-corrected chi connectivity index (χ4v) is 2.85. The second kappa shape index (κ2) is 6.89. The van der Waals surface area contributed by atoms with Gasteiger partial charge in [0.15, 0.2) is 0 Å². The number of carbonyl (C=O) groups is 1. The van der Waals surface area contributed by atoms with E-state index in [0.29, 0.717) is 13.1 Å². The van der Waals surface area contributed by atoms with Gasteiger partial charge in [-0.3, -0.25) is 10.2 Å². The van der Waals surface area contributed by atoms with E-state index in [1.807, 2.05) is 31.2 Å². The number of halogens is 1. The zero-order chi connectivity index (χ0) is 16.2. The van der Waals surface area contributed by atoms with Gasteiger partial charge >= 0.3 is 0 Å². The van der Waals surface area contributed by atoms with E-state index in [1.165, 1.54) is 12.1 Å². The highest BCUT2D eigenvalue weighted by Gasteiger charge is 2.33. The Balaban J connectivity index is 1.66. The lowest BCUT2D eigenvalue weighted by Crippen LogP contribution is -2.34. The molecule has 0 bridgehead atoms. The Kier molecular flexibility index (Phi) is 4.69. The lowest BCUT2D eigenvalue weighted by atomic mass is 9.94. The van der Waals surface area contributed by atoms with Crippen LogP contribution in [-0.4, -0.2) is 12.5 Å². The normalized spacial score (nSPS) is 20.4. The van der Waals surface area contributed by atoms with Crippen LogP contribution in [0.2, 0.25) is 0 Å². The summed E-state index contributed by atoms with van der Waals surface area (Å²) in [6.07, 6.45) is 0. The van der Waals surface area contributed by atoms with Crippen LogP contribution in [0.3, 0.4) is 0 Å². The minimum absolute atomic E-state index is 0.0138. The van der Waals surface area contributed by atoms with Gasteiger partial charge in [0.05, 0.1) is 12.0 Å². The largest absolute Gasteiger partial charge is 0.352 e. The zero-order valence-corrected chi connectivity index (χ0v) is 13.0. The number of hydrogen-bond acceptors (Lipinski definition) is 3. The maximum absolute atomic E-state index is 13.1. The standard InChI is InChI=1S/C18H20FN3O/c1-12-4-2-3-5-14(12)10-20-18(23)16-11-21-22-17(16)13-6-8-15(19)9-7-13/h2-9,16-17,21-22H,10-11H2,1H3,(H,20,23). The SMILES string of the molecule is Cc1ccccc1CNC(=O)C1CNNC1c1ccc(F)cc1. The summed E-state index contributed by atoms with van der Waals surface area (Å²) >= 11 is 0. The van der Waals surface area contributed by atoms with Crippen molar-refractivity contribution in [2.75, 3.05) is 6.54 Å². The molecule has 1 aliphatic rings. The van der Waals surface area contributed by atoms with Crippen molar-refractivity contribution in [3.63, 3.8) is 0 Å². The van der Waals surface area contributed by atoms with Crippen LogP contribution in [-0.2, 0) is 11.3 Å². The summed E-state index contributed by atoms with van der Waals surface area (Å²) in [4.78, 5) is 12.5. The second-order valence-electron chi connectivity index (χ2n) is 5.81. The summed E-state index contributed by atoms with van der Waals surface area (Å²) in [6, 6.07) is 14.1. The molecule has 3 rings (SSSR count). The van der Waals surface area contributed by atoms with E-state index >= 15 is 0 Å². The van der Waals surface area contributed by atoms with Gasteiger partial charge < -0.3 is 5.32 Å². The third-order valence-electron chi connectivity index (χ3n) is 4.26. The van der Waals surface area contributed by atoms with Crippen LogP contribution in [0.15, 0.2) is 48.5 Å². The lowest BCUT2D eigenvalue weighted by molar-refractivity contribution is -0.125. The first-order chi connectivity index (χ1) is 11.1. The molecule has 0 saturated carbocycles. The highest BCUT2D eigenvalue weighted by atomic mass is 19.1. The predicted molar refractivity (Wildman–Crippen MR) is 86.8 cm³/mol. The molecule has 1 aliphatic heterocycles. The predicted octanol–water partition coefficient (Wildman–Crippen LogP) is 2.22. The van der Waals surface area contributed by atoms with Gasteiger partial charge in [-0.05, 0) is 35.7 Å². The first-order valence-electron chi connectivity index (χ1n) is 7.71. The van der Waals surface area contributed by atoms with E-state index in [4.69, 9.17) is 0 Å². The van der Waals surface area contributed by atoms with Gasteiger partial charge in [-0.15, -0.1) is 0 Å². The molecule has 2 aromatic carbocycles. The first kappa shape index (κ1) is 15.6. The molecule has 1 heterocycles. The van der Waals surface area contributed by atoms with E-state index in [2.05, 4.69) is 16.2 Å². The molecule has 2 unspecified atom stereocenters. The number of benzene rings is 2. The second-order valence-corrected chi connectivity index (χ2v) is 5.81. The lowest BCUT2D eigenvalue weighted by Gasteiger charge is -2.19. The highest BCUT2D eigenvalue weighted by Crippen LogP contribution is 2.25. The third-order valence-corrected chi connectivity index (χ3v) is 4.26. The van der Waals surface area contributed by atoms with Gasteiger partial charge in [0.1, 0.15) is 5.82 Å².